The smallest absolute Gasteiger partial charge is 0.0231 e. The molecule has 0 bridgehead atoms. The lowest BCUT2D eigenvalue weighted by Crippen LogP contribution is -2.29. The summed E-state index contributed by atoms with van der Waals surface area (Å²) in [5.41, 5.74) is 1.37. The Hall–Kier alpha value is -1.30. The van der Waals surface area contributed by atoms with Crippen LogP contribution in [0.25, 0.3) is 0 Å². The van der Waals surface area contributed by atoms with E-state index in [1.54, 1.807) is 0 Å². The van der Waals surface area contributed by atoms with Crippen LogP contribution in [0.1, 0.15) is 18.9 Å². The number of benzene rings is 1. The first-order valence-corrected chi connectivity index (χ1v) is 6.15. The molecule has 0 amide bonds. The molecule has 1 N–H and O–H groups in total. The quantitative estimate of drug-likeness (QED) is 0.570. The lowest BCUT2D eigenvalue weighted by atomic mass is 10.2. The maximum atomic E-state index is 3.39. The van der Waals surface area contributed by atoms with Gasteiger partial charge in [-0.25, -0.2) is 0 Å². The van der Waals surface area contributed by atoms with Gasteiger partial charge in [-0.2, -0.15) is 0 Å². The largest absolute Gasteiger partial charge is 0.315 e. The van der Waals surface area contributed by atoms with Crippen molar-refractivity contribution >= 4 is 0 Å². The highest BCUT2D eigenvalue weighted by Gasteiger charge is 1.98. The minimum Gasteiger partial charge on any atom is -0.315 e. The molecule has 0 saturated heterocycles. The molecule has 0 radical (unpaired) electrons. The van der Waals surface area contributed by atoms with E-state index in [2.05, 4.69) is 59.4 Å². The maximum absolute atomic E-state index is 3.39. The van der Waals surface area contributed by atoms with Crippen molar-refractivity contribution in [3.63, 3.8) is 0 Å². The lowest BCUT2D eigenvalue weighted by molar-refractivity contribution is 0.325. The molecule has 1 aromatic carbocycles. The standard InChI is InChI=1S/C15H22N2/c1-3-4-8-11-16-12-13-17(2)14-15-9-6-5-7-10-15/h5-7,9-10,16H,8,11-14H2,1-2H3. The second kappa shape index (κ2) is 8.81. The second-order valence-electron chi connectivity index (χ2n) is 4.15. The number of likely N-dealkylation sites (N-methyl/N-ethyl adjacent to an activating group) is 1. The van der Waals surface area contributed by atoms with E-state index in [0.717, 1.165) is 32.6 Å². The van der Waals surface area contributed by atoms with Crippen molar-refractivity contribution in [3.8, 4) is 11.8 Å². The summed E-state index contributed by atoms with van der Waals surface area (Å²) in [6.45, 7) is 5.97. The fourth-order valence-corrected chi connectivity index (χ4v) is 1.64. The molecule has 2 nitrogen and oxygen atoms in total. The Bertz CT molecular complexity index is 348. The molecule has 0 aromatic heterocycles. The predicted molar refractivity (Wildman–Crippen MR) is 73.7 cm³/mol. The Morgan fingerprint density at radius 2 is 1.94 bits per heavy atom. The Morgan fingerprint density at radius 3 is 2.65 bits per heavy atom. The highest BCUT2D eigenvalue weighted by atomic mass is 15.1. The van der Waals surface area contributed by atoms with Gasteiger partial charge >= 0.3 is 0 Å². The van der Waals surface area contributed by atoms with E-state index in [0.29, 0.717) is 0 Å². The molecular formula is C15H22N2. The zero-order valence-corrected chi connectivity index (χ0v) is 10.9. The Morgan fingerprint density at radius 1 is 1.18 bits per heavy atom. The summed E-state index contributed by atoms with van der Waals surface area (Å²) < 4.78 is 0. The van der Waals surface area contributed by atoms with Crippen LogP contribution < -0.4 is 5.32 Å². The molecule has 0 unspecified atom stereocenters. The molecule has 0 aliphatic rings. The molecule has 0 saturated carbocycles. The van der Waals surface area contributed by atoms with Gasteiger partial charge in [0, 0.05) is 32.6 Å². The third kappa shape index (κ3) is 6.78. The summed E-state index contributed by atoms with van der Waals surface area (Å²) in [5, 5.41) is 3.39. The van der Waals surface area contributed by atoms with E-state index in [1.165, 1.54) is 5.56 Å². The first kappa shape index (κ1) is 13.8. The van der Waals surface area contributed by atoms with Gasteiger partial charge in [-0.3, -0.25) is 0 Å². The average molecular weight is 230 g/mol. The van der Waals surface area contributed by atoms with Crippen molar-refractivity contribution in [2.75, 3.05) is 26.7 Å². The molecule has 0 aliphatic heterocycles. The number of rotatable bonds is 7. The maximum Gasteiger partial charge on any atom is 0.0231 e. The summed E-state index contributed by atoms with van der Waals surface area (Å²) >= 11 is 0. The van der Waals surface area contributed by atoms with Gasteiger partial charge in [0.1, 0.15) is 0 Å². The van der Waals surface area contributed by atoms with Crippen molar-refractivity contribution < 1.29 is 0 Å². The topological polar surface area (TPSA) is 15.3 Å². The van der Waals surface area contributed by atoms with Crippen LogP contribution >= 0.6 is 0 Å². The third-order valence-electron chi connectivity index (χ3n) is 2.57. The van der Waals surface area contributed by atoms with Gasteiger partial charge < -0.3 is 10.2 Å². The van der Waals surface area contributed by atoms with Crippen LogP contribution in [0.2, 0.25) is 0 Å². The van der Waals surface area contributed by atoms with Gasteiger partial charge in [-0.05, 0) is 19.5 Å². The molecule has 0 atom stereocenters. The minimum absolute atomic E-state index is 0.943. The normalized spacial score (nSPS) is 10.1. The molecule has 0 aliphatic carbocycles. The highest BCUT2D eigenvalue weighted by molar-refractivity contribution is 5.14. The van der Waals surface area contributed by atoms with Gasteiger partial charge in [0.15, 0.2) is 0 Å². The third-order valence-corrected chi connectivity index (χ3v) is 2.57. The van der Waals surface area contributed by atoms with Crippen molar-refractivity contribution in [2.24, 2.45) is 0 Å². The molecule has 0 fully saturated rings. The van der Waals surface area contributed by atoms with E-state index in [1.807, 2.05) is 6.92 Å². The van der Waals surface area contributed by atoms with Crippen LogP contribution in [0, 0.1) is 11.8 Å². The van der Waals surface area contributed by atoms with E-state index < -0.39 is 0 Å². The number of hydrogen-bond acceptors (Lipinski definition) is 2. The summed E-state index contributed by atoms with van der Waals surface area (Å²) in [4.78, 5) is 2.33. The van der Waals surface area contributed by atoms with Crippen LogP contribution in [0.5, 0.6) is 0 Å². The fourth-order valence-electron chi connectivity index (χ4n) is 1.64. The van der Waals surface area contributed by atoms with Crippen molar-refractivity contribution in [1.29, 1.82) is 0 Å². The first-order valence-electron chi connectivity index (χ1n) is 6.15. The first-order chi connectivity index (χ1) is 8.33. The Labute approximate surface area is 105 Å². The molecule has 92 valence electrons. The number of nitrogens with zero attached hydrogens (tertiary/aromatic N) is 1. The Balaban J connectivity index is 2.09. The Kier molecular flexibility index (Phi) is 7.13. The van der Waals surface area contributed by atoms with E-state index in [4.69, 9.17) is 0 Å². The van der Waals surface area contributed by atoms with E-state index in [-0.39, 0.29) is 0 Å². The van der Waals surface area contributed by atoms with Crippen LogP contribution in [-0.2, 0) is 6.54 Å². The van der Waals surface area contributed by atoms with Gasteiger partial charge in [-0.1, -0.05) is 30.3 Å². The van der Waals surface area contributed by atoms with Crippen LogP contribution in [0.3, 0.4) is 0 Å². The summed E-state index contributed by atoms with van der Waals surface area (Å²) in [6.07, 6.45) is 0.943. The summed E-state index contributed by atoms with van der Waals surface area (Å²) in [7, 11) is 2.15. The van der Waals surface area contributed by atoms with Gasteiger partial charge in [0.25, 0.3) is 0 Å². The molecule has 1 rings (SSSR count). The van der Waals surface area contributed by atoms with E-state index in [9.17, 15) is 0 Å². The van der Waals surface area contributed by atoms with Gasteiger partial charge in [0.2, 0.25) is 0 Å². The molecule has 1 aromatic rings. The zero-order valence-electron chi connectivity index (χ0n) is 10.9. The van der Waals surface area contributed by atoms with E-state index >= 15 is 0 Å². The average Bonchev–Trinajstić information content (AvgIpc) is 2.35. The number of nitrogens with one attached hydrogen (secondary N) is 1. The lowest BCUT2D eigenvalue weighted by Gasteiger charge is -2.16. The molecule has 17 heavy (non-hydrogen) atoms. The van der Waals surface area contributed by atoms with Crippen molar-refractivity contribution in [3.05, 3.63) is 35.9 Å². The molecule has 0 heterocycles. The van der Waals surface area contributed by atoms with Crippen LogP contribution in [-0.4, -0.2) is 31.6 Å². The summed E-state index contributed by atoms with van der Waals surface area (Å²) in [6, 6.07) is 10.6. The monoisotopic (exact) mass is 230 g/mol. The highest BCUT2D eigenvalue weighted by Crippen LogP contribution is 2.01. The molecular weight excluding hydrogens is 208 g/mol. The molecule has 0 spiro atoms. The van der Waals surface area contributed by atoms with Crippen LogP contribution in [0.4, 0.5) is 0 Å². The fraction of sp³-hybridized carbons (Fsp3) is 0.467. The van der Waals surface area contributed by atoms with Gasteiger partial charge in [-0.15, -0.1) is 11.8 Å². The minimum atomic E-state index is 0.943. The number of hydrogen-bond donors (Lipinski definition) is 1. The van der Waals surface area contributed by atoms with Gasteiger partial charge in [0.05, 0.1) is 0 Å². The summed E-state index contributed by atoms with van der Waals surface area (Å²) in [5.74, 6) is 5.95. The van der Waals surface area contributed by atoms with Crippen molar-refractivity contribution in [2.45, 2.75) is 19.9 Å². The van der Waals surface area contributed by atoms with Crippen molar-refractivity contribution in [1.82, 2.24) is 10.2 Å². The predicted octanol–water partition coefficient (Wildman–Crippen LogP) is 2.12. The van der Waals surface area contributed by atoms with Crippen LogP contribution in [0.15, 0.2) is 30.3 Å². The second-order valence-corrected chi connectivity index (χ2v) is 4.15. The molecule has 2 heteroatoms. The zero-order chi connectivity index (χ0) is 12.3. The SMILES string of the molecule is CC#CCCNCCN(C)Cc1ccccc1.